The molecule has 0 aliphatic carbocycles. The zero-order valence-electron chi connectivity index (χ0n) is 14.9. The van der Waals surface area contributed by atoms with Crippen molar-refractivity contribution in [3.05, 3.63) is 69.2 Å². The van der Waals surface area contributed by atoms with E-state index in [-0.39, 0.29) is 0 Å². The number of phenols is 1. The summed E-state index contributed by atoms with van der Waals surface area (Å²) >= 11 is 5.29. The lowest BCUT2D eigenvalue weighted by atomic mass is 10.1. The van der Waals surface area contributed by atoms with E-state index in [9.17, 15) is 5.11 Å². The summed E-state index contributed by atoms with van der Waals surface area (Å²) in [5, 5.41) is 21.4. The maximum absolute atomic E-state index is 9.88. The molecule has 134 valence electrons. The van der Waals surface area contributed by atoms with Gasteiger partial charge in [0.2, 0.25) is 4.77 Å². The Balaban J connectivity index is 1.87. The number of benzene rings is 2. The van der Waals surface area contributed by atoms with Crippen LogP contribution in [0, 0.1) is 18.6 Å². The van der Waals surface area contributed by atoms with Crippen molar-refractivity contribution in [3.63, 3.8) is 0 Å². The van der Waals surface area contributed by atoms with Gasteiger partial charge in [-0.3, -0.25) is 5.10 Å². The molecule has 6 nitrogen and oxygen atoms in total. The van der Waals surface area contributed by atoms with E-state index in [1.165, 1.54) is 0 Å². The second-order valence-corrected chi connectivity index (χ2v) is 6.42. The highest BCUT2D eigenvalue weighted by atomic mass is 32.1. The number of nitrogens with zero attached hydrogens (tertiary/aromatic N) is 3. The monoisotopic (exact) mass is 368 g/mol. The molecule has 0 saturated heterocycles. The van der Waals surface area contributed by atoms with E-state index in [2.05, 4.69) is 15.3 Å². The van der Waals surface area contributed by atoms with Crippen molar-refractivity contribution in [2.24, 2.45) is 5.10 Å². The van der Waals surface area contributed by atoms with Gasteiger partial charge in [0.25, 0.3) is 0 Å². The minimum Gasteiger partial charge on any atom is -0.507 e. The number of hydrogen-bond donors (Lipinski definition) is 2. The summed E-state index contributed by atoms with van der Waals surface area (Å²) in [6, 6.07) is 11.5. The van der Waals surface area contributed by atoms with E-state index >= 15 is 0 Å². The van der Waals surface area contributed by atoms with Crippen LogP contribution in [0.5, 0.6) is 11.5 Å². The van der Waals surface area contributed by atoms with E-state index in [0.717, 1.165) is 28.0 Å². The third-order valence-electron chi connectivity index (χ3n) is 4.07. The van der Waals surface area contributed by atoms with Gasteiger partial charge in [-0.2, -0.15) is 14.9 Å². The Morgan fingerprint density at radius 1 is 1.23 bits per heavy atom. The molecule has 0 fully saturated rings. The highest BCUT2D eigenvalue weighted by molar-refractivity contribution is 7.71. The fourth-order valence-electron chi connectivity index (χ4n) is 2.67. The van der Waals surface area contributed by atoms with Crippen LogP contribution < -0.4 is 4.74 Å². The molecule has 0 aliphatic heterocycles. The third-order valence-corrected chi connectivity index (χ3v) is 4.34. The van der Waals surface area contributed by atoms with Gasteiger partial charge < -0.3 is 9.84 Å². The van der Waals surface area contributed by atoms with Crippen molar-refractivity contribution < 1.29 is 9.84 Å². The predicted octanol–water partition coefficient (Wildman–Crippen LogP) is 3.74. The van der Waals surface area contributed by atoms with Crippen LogP contribution in [0.2, 0.25) is 0 Å². The Hall–Kier alpha value is -2.93. The average molecular weight is 368 g/mol. The second kappa shape index (κ2) is 7.53. The molecular weight excluding hydrogens is 348 g/mol. The van der Waals surface area contributed by atoms with Crippen molar-refractivity contribution >= 4 is 18.4 Å². The first-order valence-corrected chi connectivity index (χ1v) is 8.52. The summed E-state index contributed by atoms with van der Waals surface area (Å²) in [4.78, 5) is 0. The van der Waals surface area contributed by atoms with Crippen molar-refractivity contribution in [1.29, 1.82) is 0 Å². The van der Waals surface area contributed by atoms with Crippen LogP contribution >= 0.6 is 12.2 Å². The van der Waals surface area contributed by atoms with Gasteiger partial charge in [0.1, 0.15) is 11.5 Å². The topological polar surface area (TPSA) is 75.4 Å². The summed E-state index contributed by atoms with van der Waals surface area (Å²) in [6.07, 6.45) is 2.30. The molecule has 0 unspecified atom stereocenters. The summed E-state index contributed by atoms with van der Waals surface area (Å²) in [6.45, 7) is 3.72. The third kappa shape index (κ3) is 3.83. The summed E-state index contributed by atoms with van der Waals surface area (Å²) in [5.41, 5.74) is 3.57. The number of aromatic amines is 1. The lowest BCUT2D eigenvalue weighted by molar-refractivity contribution is 0.414. The molecular formula is C19H20N4O2S. The molecule has 1 aromatic heterocycles. The molecule has 3 rings (SSSR count). The summed E-state index contributed by atoms with van der Waals surface area (Å²) < 4.78 is 7.21. The normalized spacial score (nSPS) is 11.2. The number of hydrogen-bond acceptors (Lipinski definition) is 5. The van der Waals surface area contributed by atoms with Crippen molar-refractivity contribution in [2.75, 3.05) is 7.11 Å². The molecule has 0 aliphatic rings. The predicted molar refractivity (Wildman–Crippen MR) is 104 cm³/mol. The maximum Gasteiger partial charge on any atom is 0.216 e. The van der Waals surface area contributed by atoms with Gasteiger partial charge in [-0.15, -0.1) is 0 Å². The Bertz CT molecular complexity index is 980. The molecule has 0 amide bonds. The molecule has 2 aromatic carbocycles. The number of rotatable bonds is 5. The average Bonchev–Trinajstić information content (AvgIpc) is 2.98. The molecule has 7 heteroatoms. The lowest BCUT2D eigenvalue weighted by Crippen LogP contribution is -2.01. The molecule has 0 spiro atoms. The Labute approximate surface area is 156 Å². The number of aromatic hydroxyl groups is 1. The van der Waals surface area contributed by atoms with Crippen LogP contribution in [-0.4, -0.2) is 33.3 Å². The first-order chi connectivity index (χ1) is 12.5. The van der Waals surface area contributed by atoms with E-state index in [0.29, 0.717) is 22.8 Å². The molecule has 1 heterocycles. The van der Waals surface area contributed by atoms with Gasteiger partial charge in [0, 0.05) is 6.42 Å². The van der Waals surface area contributed by atoms with Gasteiger partial charge in [-0.1, -0.05) is 12.1 Å². The molecule has 26 heavy (non-hydrogen) atoms. The van der Waals surface area contributed by atoms with Gasteiger partial charge >= 0.3 is 0 Å². The summed E-state index contributed by atoms with van der Waals surface area (Å²) in [5.74, 6) is 1.83. The Kier molecular flexibility index (Phi) is 5.18. The second-order valence-electron chi connectivity index (χ2n) is 6.03. The Morgan fingerprint density at radius 2 is 1.88 bits per heavy atom. The quantitative estimate of drug-likeness (QED) is 0.531. The van der Waals surface area contributed by atoms with Crippen LogP contribution in [-0.2, 0) is 6.42 Å². The van der Waals surface area contributed by atoms with E-state index in [1.54, 1.807) is 18.0 Å². The zero-order chi connectivity index (χ0) is 18.7. The number of methoxy groups -OCH3 is 1. The zero-order valence-corrected chi connectivity index (χ0v) is 15.7. The summed E-state index contributed by atoms with van der Waals surface area (Å²) in [7, 11) is 1.64. The van der Waals surface area contributed by atoms with Crippen LogP contribution in [0.25, 0.3) is 0 Å². The van der Waals surface area contributed by atoms with E-state index < -0.39 is 0 Å². The van der Waals surface area contributed by atoms with Crippen molar-refractivity contribution in [2.45, 2.75) is 20.3 Å². The number of phenolic OH excluding ortho intramolecular Hbond substituents is 1. The number of aryl methyl sites for hydroxylation is 2. The highest BCUT2D eigenvalue weighted by Crippen LogP contribution is 2.22. The van der Waals surface area contributed by atoms with E-state index in [1.807, 2.05) is 50.2 Å². The maximum atomic E-state index is 9.88. The van der Waals surface area contributed by atoms with Gasteiger partial charge in [-0.25, -0.2) is 0 Å². The smallest absolute Gasteiger partial charge is 0.216 e. The molecule has 2 N–H and O–H groups in total. The Morgan fingerprint density at radius 3 is 2.50 bits per heavy atom. The number of aromatic nitrogens is 3. The van der Waals surface area contributed by atoms with Crippen LogP contribution in [0.4, 0.5) is 0 Å². The first kappa shape index (κ1) is 17.9. The highest BCUT2D eigenvalue weighted by Gasteiger charge is 2.07. The molecule has 0 bridgehead atoms. The fraction of sp³-hybridized carbons (Fsp3) is 0.211. The molecule has 0 radical (unpaired) electrons. The minimum atomic E-state index is 0.308. The largest absolute Gasteiger partial charge is 0.507 e. The molecule has 3 aromatic rings. The molecule has 0 atom stereocenters. The number of H-pyrrole nitrogens is 1. The molecule has 0 saturated carbocycles. The van der Waals surface area contributed by atoms with E-state index in [4.69, 9.17) is 17.0 Å². The lowest BCUT2D eigenvalue weighted by Gasteiger charge is -2.05. The number of ether oxygens (including phenoxy) is 1. The van der Waals surface area contributed by atoms with Crippen LogP contribution in [0.1, 0.15) is 28.1 Å². The number of nitrogens with one attached hydrogen (secondary N) is 1. The standard InChI is InChI=1S/C19H20N4O2S/c1-12-8-15(9-13(2)18(12)24)11-20-23-17(21-22-19(23)26)10-14-4-6-16(25-3)7-5-14/h4-9,11,24H,10H2,1-3H3,(H,22,26)/b20-11+. The SMILES string of the molecule is COc1ccc(Cc2n[nH]c(=S)n2/N=C/c2cc(C)c(O)c(C)c2)cc1. The van der Waals surface area contributed by atoms with Crippen molar-refractivity contribution in [1.82, 2.24) is 14.9 Å². The van der Waals surface area contributed by atoms with Gasteiger partial charge in [-0.05, 0) is 72.6 Å². The van der Waals surface area contributed by atoms with Gasteiger partial charge in [0.05, 0.1) is 13.3 Å². The van der Waals surface area contributed by atoms with Crippen LogP contribution in [0.15, 0.2) is 41.5 Å². The van der Waals surface area contributed by atoms with Crippen molar-refractivity contribution in [3.8, 4) is 11.5 Å². The van der Waals surface area contributed by atoms with Gasteiger partial charge in [0.15, 0.2) is 5.82 Å². The minimum absolute atomic E-state index is 0.308. The van der Waals surface area contributed by atoms with Crippen LogP contribution in [0.3, 0.4) is 0 Å². The first-order valence-electron chi connectivity index (χ1n) is 8.11. The fourth-order valence-corrected chi connectivity index (χ4v) is 2.87.